The van der Waals surface area contributed by atoms with Crippen molar-refractivity contribution in [2.24, 2.45) is 5.16 Å². The number of rotatable bonds is 5. The van der Waals surface area contributed by atoms with Crippen LogP contribution in [-0.4, -0.2) is 25.1 Å². The van der Waals surface area contributed by atoms with E-state index in [1.165, 1.54) is 31.3 Å². The zero-order chi connectivity index (χ0) is 20.5. The summed E-state index contributed by atoms with van der Waals surface area (Å²) in [5, 5.41) is 6.69. The summed E-state index contributed by atoms with van der Waals surface area (Å²) < 4.78 is 65.0. The molecule has 12 heteroatoms. The Kier molecular flexibility index (Phi) is 5.64. The second kappa shape index (κ2) is 7.68. The van der Waals surface area contributed by atoms with Crippen molar-refractivity contribution in [3.63, 3.8) is 0 Å². The van der Waals surface area contributed by atoms with E-state index in [0.29, 0.717) is 28.5 Å². The van der Waals surface area contributed by atoms with Gasteiger partial charge in [-0.25, -0.2) is 18.1 Å². The van der Waals surface area contributed by atoms with Crippen molar-refractivity contribution in [1.82, 2.24) is 9.71 Å². The first kappa shape index (κ1) is 20.6. The van der Waals surface area contributed by atoms with E-state index in [1.807, 2.05) is 0 Å². The molecule has 7 nitrogen and oxygen atoms in total. The Hall–Kier alpha value is -2.18. The van der Waals surface area contributed by atoms with Crippen LogP contribution in [0.1, 0.15) is 23.7 Å². The van der Waals surface area contributed by atoms with Crippen LogP contribution < -0.4 is 10.0 Å². The van der Waals surface area contributed by atoms with Crippen LogP contribution in [0.15, 0.2) is 46.6 Å². The number of nitrogens with zero attached hydrogens (tertiary/aromatic N) is 2. The average molecular weight is 479 g/mol. The smallest absolute Gasteiger partial charge is 0.386 e. The van der Waals surface area contributed by atoms with Gasteiger partial charge in [-0.05, 0) is 53.3 Å². The van der Waals surface area contributed by atoms with Gasteiger partial charge in [0.05, 0.1) is 10.5 Å². The number of benzene rings is 1. The molecule has 0 aliphatic carbocycles. The lowest BCUT2D eigenvalue weighted by molar-refractivity contribution is -0.137. The first-order chi connectivity index (χ1) is 13.1. The van der Waals surface area contributed by atoms with Gasteiger partial charge in [0, 0.05) is 23.9 Å². The predicted octanol–water partition coefficient (Wildman–Crippen LogP) is 3.92. The highest BCUT2D eigenvalue weighted by Crippen LogP contribution is 2.36. The van der Waals surface area contributed by atoms with Crippen molar-refractivity contribution in [3.05, 3.63) is 47.7 Å². The maximum Gasteiger partial charge on any atom is 0.417 e. The third-order valence-electron chi connectivity index (χ3n) is 3.94. The number of hydrogen-bond donors (Lipinski definition) is 2. The van der Waals surface area contributed by atoms with Gasteiger partial charge < -0.3 is 10.2 Å². The van der Waals surface area contributed by atoms with Gasteiger partial charge in [-0.2, -0.15) is 13.2 Å². The van der Waals surface area contributed by atoms with Crippen molar-refractivity contribution in [2.45, 2.75) is 23.6 Å². The van der Waals surface area contributed by atoms with Gasteiger partial charge in [0.1, 0.15) is 10.4 Å². The Morgan fingerprint density at radius 2 is 2.00 bits per heavy atom. The van der Waals surface area contributed by atoms with Gasteiger partial charge in [0.25, 0.3) is 0 Å². The maximum atomic E-state index is 12.7. The largest absolute Gasteiger partial charge is 0.417 e. The van der Waals surface area contributed by atoms with Crippen LogP contribution in [-0.2, 0) is 21.0 Å². The third kappa shape index (κ3) is 4.45. The van der Waals surface area contributed by atoms with E-state index in [1.54, 1.807) is 0 Å². The molecule has 0 amide bonds. The van der Waals surface area contributed by atoms with E-state index >= 15 is 0 Å². The zero-order valence-corrected chi connectivity index (χ0v) is 16.7. The Bertz CT molecular complexity index is 1010. The number of halogens is 4. The second-order valence-electron chi connectivity index (χ2n) is 5.78. The SMILES string of the molecule is CNS(=O)(=O)c1ccc(Nc2ccc(C(F)(F)F)cn2)c([C@@H]2CC(Br)=NO2)c1. The second-order valence-corrected chi connectivity index (χ2v) is 8.58. The number of hydrogen-bond acceptors (Lipinski definition) is 6. The van der Waals surface area contributed by atoms with Gasteiger partial charge in [-0.3, -0.25) is 0 Å². The highest BCUT2D eigenvalue weighted by Gasteiger charge is 2.31. The number of oxime groups is 1. The van der Waals surface area contributed by atoms with Gasteiger partial charge in [0.15, 0.2) is 6.10 Å². The summed E-state index contributed by atoms with van der Waals surface area (Å²) in [6, 6.07) is 6.37. The molecule has 0 saturated heterocycles. The molecule has 0 bridgehead atoms. The number of sulfonamides is 1. The molecule has 0 saturated carbocycles. The Balaban J connectivity index is 1.95. The fourth-order valence-electron chi connectivity index (χ4n) is 2.49. The molecule has 2 aromatic rings. The molecule has 0 fully saturated rings. The van der Waals surface area contributed by atoms with E-state index in [0.717, 1.165) is 6.07 Å². The highest BCUT2D eigenvalue weighted by molar-refractivity contribution is 9.18. The number of alkyl halides is 3. The summed E-state index contributed by atoms with van der Waals surface area (Å²) >= 11 is 3.22. The minimum absolute atomic E-state index is 0.0163. The topological polar surface area (TPSA) is 92.7 Å². The summed E-state index contributed by atoms with van der Waals surface area (Å²) in [6.45, 7) is 0. The maximum absolute atomic E-state index is 12.7. The normalized spacial score (nSPS) is 17.2. The van der Waals surface area contributed by atoms with E-state index in [4.69, 9.17) is 4.84 Å². The molecule has 0 spiro atoms. The van der Waals surface area contributed by atoms with Crippen molar-refractivity contribution in [2.75, 3.05) is 12.4 Å². The predicted molar refractivity (Wildman–Crippen MR) is 100 cm³/mol. The van der Waals surface area contributed by atoms with Gasteiger partial charge >= 0.3 is 6.18 Å². The minimum atomic E-state index is -4.48. The molecule has 2 heterocycles. The van der Waals surface area contributed by atoms with Crippen LogP contribution >= 0.6 is 15.9 Å². The lowest BCUT2D eigenvalue weighted by atomic mass is 10.0. The molecular formula is C16H14BrF3N4O3S. The molecule has 1 aromatic carbocycles. The summed E-state index contributed by atoms with van der Waals surface area (Å²) in [5.41, 5.74) is 0.0335. The summed E-state index contributed by atoms with van der Waals surface area (Å²) in [4.78, 5) is 9.10. The first-order valence-corrected chi connectivity index (χ1v) is 10.1. The molecule has 1 aliphatic rings. The molecular weight excluding hydrogens is 465 g/mol. The Morgan fingerprint density at radius 3 is 2.54 bits per heavy atom. The Morgan fingerprint density at radius 1 is 1.25 bits per heavy atom. The summed E-state index contributed by atoms with van der Waals surface area (Å²) in [7, 11) is -2.41. The van der Waals surface area contributed by atoms with Gasteiger partial charge in [-0.1, -0.05) is 5.16 Å². The lowest BCUT2D eigenvalue weighted by Gasteiger charge is -2.17. The highest BCUT2D eigenvalue weighted by atomic mass is 79.9. The van der Waals surface area contributed by atoms with Crippen LogP contribution in [0.25, 0.3) is 0 Å². The third-order valence-corrected chi connectivity index (χ3v) is 5.82. The van der Waals surface area contributed by atoms with E-state index in [-0.39, 0.29) is 10.7 Å². The van der Waals surface area contributed by atoms with Crippen LogP contribution in [0.4, 0.5) is 24.7 Å². The average Bonchev–Trinajstić information content (AvgIpc) is 3.08. The van der Waals surface area contributed by atoms with Gasteiger partial charge in [0.2, 0.25) is 10.0 Å². The Labute approximate surface area is 167 Å². The van der Waals surface area contributed by atoms with E-state index in [9.17, 15) is 21.6 Å². The molecule has 150 valence electrons. The number of anilines is 2. The molecule has 2 N–H and O–H groups in total. The fraction of sp³-hybridized carbons (Fsp3) is 0.250. The van der Waals surface area contributed by atoms with E-state index in [2.05, 4.69) is 36.1 Å². The standard InChI is InChI=1S/C16H14BrF3N4O3S/c1-21-28(25,26)10-3-4-12(11(6-10)13-7-14(17)24-27-13)23-15-5-2-9(8-22-15)16(18,19)20/h2-6,8,13,21H,7H2,1H3,(H,22,23)/t13-/m0/s1. The van der Waals surface area contributed by atoms with Crippen molar-refractivity contribution in [3.8, 4) is 0 Å². The van der Waals surface area contributed by atoms with Crippen LogP contribution in [0.5, 0.6) is 0 Å². The first-order valence-electron chi connectivity index (χ1n) is 7.86. The van der Waals surface area contributed by atoms with Gasteiger partial charge in [-0.15, -0.1) is 0 Å². The van der Waals surface area contributed by atoms with Crippen molar-refractivity contribution in [1.29, 1.82) is 0 Å². The van der Waals surface area contributed by atoms with Crippen LogP contribution in [0, 0.1) is 0 Å². The number of aromatic nitrogens is 1. The molecule has 0 unspecified atom stereocenters. The molecule has 0 radical (unpaired) electrons. The lowest BCUT2D eigenvalue weighted by Crippen LogP contribution is -2.19. The summed E-state index contributed by atoms with van der Waals surface area (Å²) in [6.07, 6.45) is -3.97. The number of pyridine rings is 1. The molecule has 28 heavy (non-hydrogen) atoms. The number of nitrogens with one attached hydrogen (secondary N) is 2. The molecule has 1 atom stereocenters. The zero-order valence-electron chi connectivity index (χ0n) is 14.3. The van der Waals surface area contributed by atoms with Crippen molar-refractivity contribution >= 4 is 42.1 Å². The van der Waals surface area contributed by atoms with Crippen LogP contribution in [0.3, 0.4) is 0 Å². The fourth-order valence-corrected chi connectivity index (χ4v) is 3.64. The minimum Gasteiger partial charge on any atom is -0.386 e. The quantitative estimate of drug-likeness (QED) is 0.679. The van der Waals surface area contributed by atoms with Crippen molar-refractivity contribution < 1.29 is 26.4 Å². The van der Waals surface area contributed by atoms with E-state index < -0.39 is 27.9 Å². The summed E-state index contributed by atoms with van der Waals surface area (Å²) in [5.74, 6) is 0.163. The molecule has 1 aliphatic heterocycles. The molecule has 3 rings (SSSR count). The molecule has 1 aromatic heterocycles. The van der Waals surface area contributed by atoms with Crippen LogP contribution in [0.2, 0.25) is 0 Å². The monoisotopic (exact) mass is 478 g/mol.